The minimum Gasteiger partial charge on any atom is -0.444 e. The van der Waals surface area contributed by atoms with Gasteiger partial charge in [-0.15, -0.1) is 11.3 Å². The fourth-order valence-electron chi connectivity index (χ4n) is 2.87. The van der Waals surface area contributed by atoms with E-state index in [1.165, 1.54) is 0 Å². The van der Waals surface area contributed by atoms with Crippen molar-refractivity contribution in [1.29, 1.82) is 0 Å². The molecule has 3 heterocycles. The summed E-state index contributed by atoms with van der Waals surface area (Å²) in [5.74, 6) is 0.312. The Morgan fingerprint density at radius 1 is 1.32 bits per heavy atom. The van der Waals surface area contributed by atoms with Crippen molar-refractivity contribution in [2.24, 2.45) is 0 Å². The molecule has 1 amide bonds. The van der Waals surface area contributed by atoms with Gasteiger partial charge in [0, 0.05) is 6.54 Å². The molecule has 1 aromatic carbocycles. The Morgan fingerprint density at radius 3 is 2.95 bits per heavy atom. The molecule has 0 radical (unpaired) electrons. The molecule has 6 heteroatoms. The molecule has 4 rings (SSSR count). The number of carbonyl (C=O) groups is 1. The lowest BCUT2D eigenvalue weighted by atomic mass is 10.2. The third-order valence-corrected chi connectivity index (χ3v) is 5.46. The molecule has 0 bridgehead atoms. The van der Waals surface area contributed by atoms with Crippen LogP contribution in [0.2, 0.25) is 0 Å². The Labute approximate surface area is 139 Å². The maximum Gasteiger partial charge on any atom is 0.290 e. The van der Waals surface area contributed by atoms with E-state index >= 15 is 0 Å². The van der Waals surface area contributed by atoms with E-state index in [2.05, 4.69) is 22.0 Å². The number of para-hydroxylation sites is 1. The summed E-state index contributed by atoms with van der Waals surface area (Å²) in [6.45, 7) is 0.748. The van der Waals surface area contributed by atoms with Gasteiger partial charge in [-0.05, 0) is 53.0 Å². The van der Waals surface area contributed by atoms with E-state index in [0.717, 1.165) is 34.6 Å². The second kappa shape index (κ2) is 5.52. The Morgan fingerprint density at radius 2 is 2.18 bits per heavy atom. The first-order valence-corrected chi connectivity index (χ1v) is 8.75. The summed E-state index contributed by atoms with van der Waals surface area (Å²) in [5, 5.41) is 1.01. The smallest absolute Gasteiger partial charge is 0.290 e. The second-order valence-electron chi connectivity index (χ2n) is 5.28. The topological polar surface area (TPSA) is 46.3 Å². The summed E-state index contributed by atoms with van der Waals surface area (Å²) >= 11 is 4.92. The van der Waals surface area contributed by atoms with Crippen molar-refractivity contribution in [3.05, 3.63) is 51.8 Å². The molecule has 1 fully saturated rings. The van der Waals surface area contributed by atoms with Crippen LogP contribution >= 0.6 is 27.3 Å². The number of hydrogen-bond acceptors (Lipinski definition) is 4. The molecule has 0 aliphatic carbocycles. The van der Waals surface area contributed by atoms with Crippen molar-refractivity contribution in [2.75, 3.05) is 6.54 Å². The van der Waals surface area contributed by atoms with E-state index in [1.54, 1.807) is 23.5 Å². The number of halogens is 1. The SMILES string of the molecule is O=C(c1ccc(Br)o1)N1CCCC1c1nc2ccccc2s1. The van der Waals surface area contributed by atoms with Gasteiger partial charge >= 0.3 is 0 Å². The van der Waals surface area contributed by atoms with E-state index in [0.29, 0.717) is 10.4 Å². The summed E-state index contributed by atoms with van der Waals surface area (Å²) < 4.78 is 7.15. The van der Waals surface area contributed by atoms with Gasteiger partial charge in [0.2, 0.25) is 0 Å². The summed E-state index contributed by atoms with van der Waals surface area (Å²) in [7, 11) is 0. The second-order valence-corrected chi connectivity index (χ2v) is 7.12. The van der Waals surface area contributed by atoms with Gasteiger partial charge in [0.25, 0.3) is 5.91 Å². The van der Waals surface area contributed by atoms with E-state index < -0.39 is 0 Å². The summed E-state index contributed by atoms with van der Waals surface area (Å²) in [4.78, 5) is 19.2. The van der Waals surface area contributed by atoms with Gasteiger partial charge in [-0.3, -0.25) is 4.79 Å². The molecule has 1 atom stereocenters. The van der Waals surface area contributed by atoms with Gasteiger partial charge < -0.3 is 9.32 Å². The Kier molecular flexibility index (Phi) is 3.50. The van der Waals surface area contributed by atoms with Crippen LogP contribution < -0.4 is 0 Å². The van der Waals surface area contributed by atoms with Gasteiger partial charge in [-0.2, -0.15) is 0 Å². The zero-order chi connectivity index (χ0) is 15.1. The van der Waals surface area contributed by atoms with E-state index in [4.69, 9.17) is 9.40 Å². The number of amides is 1. The van der Waals surface area contributed by atoms with Crippen LogP contribution in [-0.4, -0.2) is 22.3 Å². The minimum absolute atomic E-state index is 0.0498. The molecule has 0 saturated carbocycles. The molecule has 1 aliphatic rings. The maximum absolute atomic E-state index is 12.6. The molecular weight excluding hydrogens is 364 g/mol. The lowest BCUT2D eigenvalue weighted by Crippen LogP contribution is -2.30. The molecule has 112 valence electrons. The monoisotopic (exact) mass is 376 g/mol. The van der Waals surface area contributed by atoms with Crippen molar-refractivity contribution >= 4 is 43.4 Å². The van der Waals surface area contributed by atoms with Crippen molar-refractivity contribution in [2.45, 2.75) is 18.9 Å². The number of fused-ring (bicyclic) bond motifs is 1. The lowest BCUT2D eigenvalue weighted by Gasteiger charge is -2.21. The van der Waals surface area contributed by atoms with E-state index in [-0.39, 0.29) is 11.9 Å². The van der Waals surface area contributed by atoms with Crippen molar-refractivity contribution < 1.29 is 9.21 Å². The average Bonchev–Trinajstić information content (AvgIpc) is 3.24. The first-order valence-electron chi connectivity index (χ1n) is 7.14. The highest BCUT2D eigenvalue weighted by Crippen LogP contribution is 2.37. The molecule has 0 spiro atoms. The molecule has 22 heavy (non-hydrogen) atoms. The predicted octanol–water partition coefficient (Wildman–Crippen LogP) is 4.63. The highest BCUT2D eigenvalue weighted by Gasteiger charge is 2.34. The zero-order valence-electron chi connectivity index (χ0n) is 11.7. The normalized spacial score (nSPS) is 18.2. The van der Waals surface area contributed by atoms with Crippen molar-refractivity contribution in [3.63, 3.8) is 0 Å². The van der Waals surface area contributed by atoms with E-state index in [1.807, 2.05) is 23.1 Å². The quantitative estimate of drug-likeness (QED) is 0.654. The number of furan rings is 1. The average molecular weight is 377 g/mol. The Balaban J connectivity index is 1.67. The number of thiazole rings is 1. The number of nitrogens with zero attached hydrogens (tertiary/aromatic N) is 2. The number of hydrogen-bond donors (Lipinski definition) is 0. The molecule has 2 aromatic heterocycles. The van der Waals surface area contributed by atoms with Crippen LogP contribution in [0.15, 0.2) is 45.5 Å². The van der Waals surface area contributed by atoms with Gasteiger partial charge in [0.15, 0.2) is 10.4 Å². The number of aromatic nitrogens is 1. The fourth-order valence-corrected chi connectivity index (χ4v) is 4.29. The van der Waals surface area contributed by atoms with Crippen LogP contribution in [0.25, 0.3) is 10.2 Å². The van der Waals surface area contributed by atoms with Gasteiger partial charge in [-0.1, -0.05) is 12.1 Å². The third-order valence-electron chi connectivity index (χ3n) is 3.89. The van der Waals surface area contributed by atoms with Crippen LogP contribution in [0.5, 0.6) is 0 Å². The Bertz CT molecular complexity index is 808. The van der Waals surface area contributed by atoms with Gasteiger partial charge in [0.05, 0.1) is 16.3 Å². The highest BCUT2D eigenvalue weighted by molar-refractivity contribution is 9.10. The number of carbonyl (C=O) groups excluding carboxylic acids is 1. The molecule has 3 aromatic rings. The molecular formula is C16H13BrN2O2S. The van der Waals surface area contributed by atoms with Crippen LogP contribution in [0.3, 0.4) is 0 Å². The number of rotatable bonds is 2. The highest BCUT2D eigenvalue weighted by atomic mass is 79.9. The van der Waals surface area contributed by atoms with Gasteiger partial charge in [0.1, 0.15) is 5.01 Å². The largest absolute Gasteiger partial charge is 0.444 e. The standard InChI is InChI=1S/C16H13BrN2O2S/c17-14-8-7-12(21-14)16(20)19-9-3-5-11(19)15-18-10-4-1-2-6-13(10)22-15/h1-2,4,6-8,11H,3,5,9H2. The van der Waals surface area contributed by atoms with Gasteiger partial charge in [-0.25, -0.2) is 4.98 Å². The maximum atomic E-state index is 12.6. The van der Waals surface area contributed by atoms with Crippen LogP contribution in [0.1, 0.15) is 34.4 Å². The third kappa shape index (κ3) is 2.36. The zero-order valence-corrected chi connectivity index (χ0v) is 14.1. The number of likely N-dealkylation sites (tertiary alicyclic amines) is 1. The molecule has 1 aliphatic heterocycles. The Hall–Kier alpha value is -1.66. The van der Waals surface area contributed by atoms with Crippen molar-refractivity contribution in [3.8, 4) is 0 Å². The first-order chi connectivity index (χ1) is 10.7. The van der Waals surface area contributed by atoms with Crippen LogP contribution in [-0.2, 0) is 0 Å². The van der Waals surface area contributed by atoms with Crippen molar-refractivity contribution in [1.82, 2.24) is 9.88 Å². The fraction of sp³-hybridized carbons (Fsp3) is 0.250. The molecule has 1 unspecified atom stereocenters. The van der Waals surface area contributed by atoms with E-state index in [9.17, 15) is 4.79 Å². The summed E-state index contributed by atoms with van der Waals surface area (Å²) in [6.07, 6.45) is 1.95. The predicted molar refractivity (Wildman–Crippen MR) is 89.0 cm³/mol. The lowest BCUT2D eigenvalue weighted by molar-refractivity contribution is 0.0702. The molecule has 4 nitrogen and oxygen atoms in total. The summed E-state index contributed by atoms with van der Waals surface area (Å²) in [5.41, 5.74) is 1.00. The van der Waals surface area contributed by atoms with Crippen LogP contribution in [0.4, 0.5) is 0 Å². The first kappa shape index (κ1) is 14.0. The summed E-state index contributed by atoms with van der Waals surface area (Å²) in [6, 6.07) is 11.6. The molecule has 1 saturated heterocycles. The molecule has 0 N–H and O–H groups in total. The minimum atomic E-state index is -0.0625. The number of benzene rings is 1. The van der Waals surface area contributed by atoms with Crippen LogP contribution in [0, 0.1) is 0 Å².